The molecule has 0 saturated heterocycles. The molecule has 0 atom stereocenters. The first-order valence-electron chi connectivity index (χ1n) is 8.67. The number of rotatable bonds is 8. The van der Waals surface area contributed by atoms with Crippen LogP contribution in [-0.4, -0.2) is 30.3 Å². The molecule has 6 heteroatoms. The molecule has 0 saturated carbocycles. The van der Waals surface area contributed by atoms with Crippen LogP contribution in [-0.2, 0) is 17.0 Å². The number of thioether (sulfide) groups is 1. The fourth-order valence-electron chi connectivity index (χ4n) is 2.86. The quantitative estimate of drug-likeness (QED) is 0.638. The van der Waals surface area contributed by atoms with Crippen molar-refractivity contribution in [1.82, 2.24) is 10.3 Å². The maximum Gasteiger partial charge on any atom is 0.230 e. The van der Waals surface area contributed by atoms with Crippen molar-refractivity contribution in [3.05, 3.63) is 71.7 Å². The highest BCUT2D eigenvalue weighted by atomic mass is 32.2. The molecule has 0 radical (unpaired) electrons. The number of pyridine rings is 1. The average Bonchev–Trinajstić information content (AvgIpc) is 2.70. The number of hydrogen-bond acceptors (Lipinski definition) is 4. The molecule has 1 N–H and O–H groups in total. The Morgan fingerprint density at radius 3 is 2.85 bits per heavy atom. The van der Waals surface area contributed by atoms with Crippen LogP contribution >= 0.6 is 11.8 Å². The maximum absolute atomic E-state index is 13.8. The third kappa shape index (κ3) is 4.98. The predicted octanol–water partition coefficient (Wildman–Crippen LogP) is 3.97. The van der Waals surface area contributed by atoms with Crippen LogP contribution in [0.5, 0.6) is 5.75 Å². The number of halogens is 1. The van der Waals surface area contributed by atoms with E-state index >= 15 is 0 Å². The molecule has 1 amide bonds. The van der Waals surface area contributed by atoms with E-state index in [9.17, 15) is 9.18 Å². The lowest BCUT2D eigenvalue weighted by Gasteiger charge is -2.09. The fraction of sp³-hybridized carbons (Fsp3) is 0.238. The van der Waals surface area contributed by atoms with Gasteiger partial charge in [-0.3, -0.25) is 9.78 Å². The van der Waals surface area contributed by atoms with Crippen LogP contribution in [0.25, 0.3) is 10.9 Å². The number of aromatic nitrogens is 1. The van der Waals surface area contributed by atoms with E-state index in [1.54, 1.807) is 31.5 Å². The fourth-order valence-corrected chi connectivity index (χ4v) is 3.71. The van der Waals surface area contributed by atoms with Crippen molar-refractivity contribution in [2.75, 3.05) is 19.4 Å². The van der Waals surface area contributed by atoms with Gasteiger partial charge in [0, 0.05) is 23.9 Å². The highest BCUT2D eigenvalue weighted by Gasteiger charge is 2.08. The Labute approximate surface area is 162 Å². The minimum Gasteiger partial charge on any atom is -0.496 e. The van der Waals surface area contributed by atoms with E-state index < -0.39 is 0 Å². The summed E-state index contributed by atoms with van der Waals surface area (Å²) in [6.45, 7) is 0.556. The molecule has 4 nitrogen and oxygen atoms in total. The molecule has 2 aromatic carbocycles. The minimum absolute atomic E-state index is 0.0192. The second-order valence-electron chi connectivity index (χ2n) is 6.01. The molecular weight excluding hydrogens is 363 g/mol. The highest BCUT2D eigenvalue weighted by Crippen LogP contribution is 2.23. The van der Waals surface area contributed by atoms with E-state index in [-0.39, 0.29) is 11.7 Å². The largest absolute Gasteiger partial charge is 0.496 e. The highest BCUT2D eigenvalue weighted by molar-refractivity contribution is 7.99. The zero-order valence-corrected chi connectivity index (χ0v) is 15.9. The number of carbonyl (C=O) groups is 1. The summed E-state index contributed by atoms with van der Waals surface area (Å²) in [5.41, 5.74) is 2.65. The lowest BCUT2D eigenvalue weighted by molar-refractivity contribution is -0.118. The summed E-state index contributed by atoms with van der Waals surface area (Å²) in [5, 5.41) is 3.44. The minimum atomic E-state index is -0.277. The molecule has 0 fully saturated rings. The van der Waals surface area contributed by atoms with Crippen LogP contribution in [0.2, 0.25) is 0 Å². The Morgan fingerprint density at radius 2 is 2.00 bits per heavy atom. The third-order valence-electron chi connectivity index (χ3n) is 4.20. The van der Waals surface area contributed by atoms with Gasteiger partial charge in [-0.15, -0.1) is 11.8 Å². The van der Waals surface area contributed by atoms with Gasteiger partial charge in [0.1, 0.15) is 11.6 Å². The van der Waals surface area contributed by atoms with E-state index in [1.165, 1.54) is 17.8 Å². The molecule has 140 valence electrons. The molecule has 0 unspecified atom stereocenters. The van der Waals surface area contributed by atoms with Crippen molar-refractivity contribution >= 4 is 28.6 Å². The topological polar surface area (TPSA) is 51.2 Å². The summed E-state index contributed by atoms with van der Waals surface area (Å²) in [6, 6.07) is 14.4. The number of ether oxygens (including phenoxy) is 1. The molecule has 0 bridgehead atoms. The number of nitrogens with zero attached hydrogens (tertiary/aromatic N) is 1. The Morgan fingerprint density at radius 1 is 1.15 bits per heavy atom. The number of para-hydroxylation sites is 1. The monoisotopic (exact) mass is 384 g/mol. The van der Waals surface area contributed by atoms with E-state index in [0.717, 1.165) is 16.9 Å². The van der Waals surface area contributed by atoms with Crippen molar-refractivity contribution in [3.8, 4) is 5.75 Å². The zero-order chi connectivity index (χ0) is 19.1. The van der Waals surface area contributed by atoms with E-state index in [1.807, 2.05) is 24.3 Å². The summed E-state index contributed by atoms with van der Waals surface area (Å²) < 4.78 is 19.1. The van der Waals surface area contributed by atoms with Gasteiger partial charge >= 0.3 is 0 Å². The van der Waals surface area contributed by atoms with Crippen molar-refractivity contribution in [1.29, 1.82) is 0 Å². The Kier molecular flexibility index (Phi) is 6.65. The Hall–Kier alpha value is -2.60. The van der Waals surface area contributed by atoms with Crippen molar-refractivity contribution in [2.24, 2.45) is 0 Å². The van der Waals surface area contributed by atoms with Gasteiger partial charge in [0.05, 0.1) is 18.4 Å². The van der Waals surface area contributed by atoms with Crippen LogP contribution in [0, 0.1) is 5.82 Å². The summed E-state index contributed by atoms with van der Waals surface area (Å²) in [7, 11) is 1.64. The first kappa shape index (κ1) is 19.2. The Balaban J connectivity index is 1.47. The van der Waals surface area contributed by atoms with Gasteiger partial charge < -0.3 is 10.1 Å². The van der Waals surface area contributed by atoms with Crippen molar-refractivity contribution < 1.29 is 13.9 Å². The molecule has 27 heavy (non-hydrogen) atoms. The number of nitrogens with one attached hydrogen (secondary N) is 1. The molecular formula is C21H21FN2O2S. The summed E-state index contributed by atoms with van der Waals surface area (Å²) in [5.74, 6) is 1.48. The first-order valence-corrected chi connectivity index (χ1v) is 9.83. The van der Waals surface area contributed by atoms with Gasteiger partial charge in [-0.25, -0.2) is 4.39 Å². The van der Waals surface area contributed by atoms with Gasteiger partial charge in [-0.2, -0.15) is 0 Å². The third-order valence-corrected chi connectivity index (χ3v) is 5.18. The molecule has 0 aliphatic carbocycles. The lowest BCUT2D eigenvalue weighted by Crippen LogP contribution is -2.27. The van der Waals surface area contributed by atoms with Crippen molar-refractivity contribution in [3.63, 3.8) is 0 Å². The Bertz CT molecular complexity index is 933. The van der Waals surface area contributed by atoms with Gasteiger partial charge in [-0.1, -0.05) is 24.3 Å². The van der Waals surface area contributed by atoms with Gasteiger partial charge in [0.2, 0.25) is 5.91 Å². The maximum atomic E-state index is 13.8. The number of amides is 1. The number of fused-ring (bicyclic) bond motifs is 1. The van der Waals surface area contributed by atoms with E-state index in [4.69, 9.17) is 4.74 Å². The number of hydrogen-bond donors (Lipinski definition) is 1. The van der Waals surface area contributed by atoms with Crippen LogP contribution in [0.1, 0.15) is 11.1 Å². The SMILES string of the molecule is COc1ccccc1CCNC(=O)CSCc1ccc(F)c2cccnc12. The van der Waals surface area contributed by atoms with Crippen LogP contribution in [0.15, 0.2) is 54.7 Å². The molecule has 0 spiro atoms. The molecule has 1 aromatic heterocycles. The van der Waals surface area contributed by atoms with Gasteiger partial charge in [0.25, 0.3) is 0 Å². The average molecular weight is 384 g/mol. The van der Waals surface area contributed by atoms with Gasteiger partial charge in [-0.05, 0) is 41.8 Å². The smallest absolute Gasteiger partial charge is 0.230 e. The van der Waals surface area contributed by atoms with Crippen molar-refractivity contribution in [2.45, 2.75) is 12.2 Å². The molecule has 0 aliphatic rings. The second kappa shape index (κ2) is 9.37. The summed E-state index contributed by atoms with van der Waals surface area (Å²) >= 11 is 1.49. The normalized spacial score (nSPS) is 10.7. The number of carbonyl (C=O) groups excluding carboxylic acids is 1. The molecule has 1 heterocycles. The molecule has 3 aromatic rings. The zero-order valence-electron chi connectivity index (χ0n) is 15.1. The molecule has 0 aliphatic heterocycles. The lowest BCUT2D eigenvalue weighted by atomic mass is 10.1. The second-order valence-corrected chi connectivity index (χ2v) is 7.00. The number of methoxy groups -OCH3 is 1. The summed E-state index contributed by atoms with van der Waals surface area (Å²) in [4.78, 5) is 16.3. The summed E-state index contributed by atoms with van der Waals surface area (Å²) in [6.07, 6.45) is 2.37. The predicted molar refractivity (Wildman–Crippen MR) is 108 cm³/mol. The van der Waals surface area contributed by atoms with E-state index in [0.29, 0.717) is 35.4 Å². The van der Waals surface area contributed by atoms with Crippen LogP contribution in [0.3, 0.4) is 0 Å². The number of benzene rings is 2. The van der Waals surface area contributed by atoms with E-state index in [2.05, 4.69) is 10.3 Å². The van der Waals surface area contributed by atoms with Crippen LogP contribution < -0.4 is 10.1 Å². The van der Waals surface area contributed by atoms with Crippen LogP contribution in [0.4, 0.5) is 4.39 Å². The molecule has 3 rings (SSSR count). The first-order chi connectivity index (χ1) is 13.2. The van der Waals surface area contributed by atoms with Gasteiger partial charge in [0.15, 0.2) is 0 Å². The standard InChI is InChI=1S/C21H21FN2O2S/c1-26-19-7-3-2-5-15(19)10-12-23-20(25)14-27-13-16-8-9-18(22)17-6-4-11-24-21(16)17/h2-9,11H,10,12-14H2,1H3,(H,23,25).